The SMILES string of the molecule is O=[N+]([O-])c1cc([N+](=O)[O-])c(Nc2cc(C(F)(F)F)c(C(F)(F)F)c(Cl)c2Cl)c(C(F)(F)F)c1. The monoisotopic (exact) mass is 531 g/mol. The fourth-order valence-corrected chi connectivity index (χ4v) is 3.08. The van der Waals surface area contributed by atoms with Gasteiger partial charge in [-0.1, -0.05) is 23.2 Å². The smallest absolute Gasteiger partial charge is 0.348 e. The van der Waals surface area contributed by atoms with Gasteiger partial charge in [0, 0.05) is 6.07 Å². The lowest BCUT2D eigenvalue weighted by atomic mass is 10.0. The van der Waals surface area contributed by atoms with Gasteiger partial charge >= 0.3 is 18.5 Å². The minimum atomic E-state index is -5.73. The Hall–Kier alpha value is -3.01. The van der Waals surface area contributed by atoms with Crippen molar-refractivity contribution in [3.8, 4) is 0 Å². The molecule has 18 heteroatoms. The lowest BCUT2D eigenvalue weighted by molar-refractivity contribution is -0.394. The molecule has 0 amide bonds. The number of halogens is 11. The average Bonchev–Trinajstić information content (AvgIpc) is 2.61. The van der Waals surface area contributed by atoms with E-state index >= 15 is 0 Å². The molecule has 2 rings (SSSR count). The van der Waals surface area contributed by atoms with Crippen LogP contribution in [0.25, 0.3) is 0 Å². The van der Waals surface area contributed by atoms with Crippen LogP contribution >= 0.6 is 23.2 Å². The summed E-state index contributed by atoms with van der Waals surface area (Å²) in [6, 6.07) is -0.455. The van der Waals surface area contributed by atoms with Crippen LogP contribution < -0.4 is 5.32 Å². The van der Waals surface area contributed by atoms with Gasteiger partial charge < -0.3 is 5.32 Å². The number of anilines is 2. The fourth-order valence-electron chi connectivity index (χ4n) is 2.57. The Labute approximate surface area is 185 Å². The summed E-state index contributed by atoms with van der Waals surface area (Å²) in [7, 11) is 0. The minimum Gasteiger partial charge on any atom is -0.348 e. The summed E-state index contributed by atoms with van der Waals surface area (Å²) in [5.41, 5.74) is -12.9. The molecule has 2 aromatic rings. The third kappa shape index (κ3) is 5.32. The highest BCUT2D eigenvalue weighted by atomic mass is 35.5. The van der Waals surface area contributed by atoms with Gasteiger partial charge in [0.15, 0.2) is 0 Å². The summed E-state index contributed by atoms with van der Waals surface area (Å²) in [4.78, 5) is 19.1. The van der Waals surface area contributed by atoms with E-state index in [9.17, 15) is 59.7 Å². The number of hydrogen-bond acceptors (Lipinski definition) is 5. The maximum absolute atomic E-state index is 13.4. The number of benzene rings is 2. The third-order valence-electron chi connectivity index (χ3n) is 3.87. The zero-order valence-electron chi connectivity index (χ0n) is 14.9. The standard InChI is InChI=1S/C15H4Cl2F9N3O4/c16-10-7(3-5(13(18,19)20)9(11(10)17)15(24,25)26)27-12-6(14(21,22)23)1-4(28(30)31)2-8(12)29(32)33/h1-3,27H. The van der Waals surface area contributed by atoms with Crippen molar-refractivity contribution in [2.45, 2.75) is 18.5 Å². The number of alkyl halides is 9. The summed E-state index contributed by atoms with van der Waals surface area (Å²) in [6.45, 7) is 0. The predicted octanol–water partition coefficient (Wildman–Crippen LogP) is 7.61. The first-order valence-corrected chi connectivity index (χ1v) is 8.49. The first-order chi connectivity index (χ1) is 14.8. The molecular formula is C15H4Cl2F9N3O4. The van der Waals surface area contributed by atoms with Gasteiger partial charge in [0.05, 0.1) is 48.3 Å². The number of rotatable bonds is 4. The summed E-state index contributed by atoms with van der Waals surface area (Å²) in [5.74, 6) is 0. The Morgan fingerprint density at radius 3 is 1.64 bits per heavy atom. The van der Waals surface area contributed by atoms with Crippen molar-refractivity contribution in [2.75, 3.05) is 5.32 Å². The van der Waals surface area contributed by atoms with Crippen molar-refractivity contribution < 1.29 is 49.4 Å². The first-order valence-electron chi connectivity index (χ1n) is 7.74. The molecule has 0 radical (unpaired) electrons. The molecule has 0 aliphatic carbocycles. The van der Waals surface area contributed by atoms with Crippen LogP contribution in [0.1, 0.15) is 16.7 Å². The first kappa shape index (κ1) is 26.2. The van der Waals surface area contributed by atoms with Gasteiger partial charge in [0.2, 0.25) is 0 Å². The van der Waals surface area contributed by atoms with Crippen LogP contribution in [0, 0.1) is 20.2 Å². The van der Waals surface area contributed by atoms with Crippen molar-refractivity contribution in [3.63, 3.8) is 0 Å². The molecule has 7 nitrogen and oxygen atoms in total. The zero-order chi connectivity index (χ0) is 25.7. The molecule has 0 atom stereocenters. The van der Waals surface area contributed by atoms with Gasteiger partial charge in [-0.25, -0.2) is 0 Å². The van der Waals surface area contributed by atoms with E-state index < -0.39 is 77.9 Å². The highest BCUT2D eigenvalue weighted by Crippen LogP contribution is 2.50. The molecule has 0 aliphatic rings. The van der Waals surface area contributed by atoms with Crippen LogP contribution in [0.4, 0.5) is 62.3 Å². The summed E-state index contributed by atoms with van der Waals surface area (Å²) < 4.78 is 119. The maximum atomic E-state index is 13.4. The third-order valence-corrected chi connectivity index (χ3v) is 4.74. The normalized spacial score (nSPS) is 12.6. The van der Waals surface area contributed by atoms with Crippen molar-refractivity contribution in [3.05, 3.63) is 65.2 Å². The molecule has 0 spiro atoms. The zero-order valence-corrected chi connectivity index (χ0v) is 16.4. The Morgan fingerprint density at radius 1 is 0.727 bits per heavy atom. The van der Waals surface area contributed by atoms with Crippen LogP contribution in [-0.4, -0.2) is 9.85 Å². The minimum absolute atomic E-state index is 0.0574. The second-order valence-electron chi connectivity index (χ2n) is 5.99. The molecule has 0 unspecified atom stereocenters. The van der Waals surface area contributed by atoms with E-state index in [1.54, 1.807) is 0 Å². The quantitative estimate of drug-likeness (QED) is 0.248. The molecular weight excluding hydrogens is 528 g/mol. The van der Waals surface area contributed by atoms with E-state index in [4.69, 9.17) is 23.2 Å². The van der Waals surface area contributed by atoms with Crippen LogP contribution in [0.5, 0.6) is 0 Å². The highest BCUT2D eigenvalue weighted by Gasteiger charge is 2.47. The number of nitro groups is 2. The van der Waals surface area contributed by atoms with Gasteiger partial charge in [-0.05, 0) is 6.07 Å². The molecule has 0 heterocycles. The van der Waals surface area contributed by atoms with E-state index in [0.717, 1.165) is 0 Å². The second-order valence-corrected chi connectivity index (χ2v) is 6.75. The lowest BCUT2D eigenvalue weighted by Gasteiger charge is -2.21. The number of nitro benzene ring substituents is 2. The molecule has 0 aromatic heterocycles. The highest BCUT2D eigenvalue weighted by molar-refractivity contribution is 6.44. The van der Waals surface area contributed by atoms with Crippen LogP contribution in [-0.2, 0) is 18.5 Å². The van der Waals surface area contributed by atoms with Gasteiger partial charge in [-0.3, -0.25) is 20.2 Å². The van der Waals surface area contributed by atoms with E-state index in [1.807, 2.05) is 0 Å². The Morgan fingerprint density at radius 2 is 1.24 bits per heavy atom. The maximum Gasteiger partial charge on any atom is 0.418 e. The summed E-state index contributed by atoms with van der Waals surface area (Å²) >= 11 is 10.9. The number of nitrogens with zero attached hydrogens (tertiary/aromatic N) is 2. The Kier molecular flexibility index (Phi) is 6.68. The molecule has 0 aliphatic heterocycles. The Balaban J connectivity index is 2.92. The van der Waals surface area contributed by atoms with Crippen LogP contribution in [0.2, 0.25) is 10.0 Å². The van der Waals surface area contributed by atoms with Crippen LogP contribution in [0.15, 0.2) is 18.2 Å². The van der Waals surface area contributed by atoms with Crippen molar-refractivity contribution in [2.24, 2.45) is 0 Å². The average molecular weight is 532 g/mol. The van der Waals surface area contributed by atoms with Crippen molar-refractivity contribution in [1.82, 2.24) is 0 Å². The van der Waals surface area contributed by atoms with Crippen molar-refractivity contribution in [1.29, 1.82) is 0 Å². The molecule has 0 saturated carbocycles. The van der Waals surface area contributed by atoms with Gasteiger partial charge in [-0.15, -0.1) is 0 Å². The fraction of sp³-hybridized carbons (Fsp3) is 0.200. The van der Waals surface area contributed by atoms with E-state index in [1.165, 1.54) is 5.32 Å². The molecule has 0 fully saturated rings. The van der Waals surface area contributed by atoms with Crippen molar-refractivity contribution >= 4 is 46.0 Å². The van der Waals surface area contributed by atoms with Gasteiger partial charge in [0.1, 0.15) is 5.69 Å². The number of non-ortho nitro benzene ring substituents is 1. The Bertz CT molecular complexity index is 1150. The molecule has 180 valence electrons. The molecule has 33 heavy (non-hydrogen) atoms. The molecule has 0 saturated heterocycles. The molecule has 1 N–H and O–H groups in total. The van der Waals surface area contributed by atoms with Crippen LogP contribution in [0.3, 0.4) is 0 Å². The van der Waals surface area contributed by atoms with E-state index in [-0.39, 0.29) is 18.2 Å². The number of nitrogens with one attached hydrogen (secondary N) is 1. The lowest BCUT2D eigenvalue weighted by Crippen LogP contribution is -2.18. The topological polar surface area (TPSA) is 98.3 Å². The molecule has 0 bridgehead atoms. The van der Waals surface area contributed by atoms with Gasteiger partial charge in [0.25, 0.3) is 11.4 Å². The molecule has 2 aromatic carbocycles. The predicted molar refractivity (Wildman–Crippen MR) is 94.5 cm³/mol. The van der Waals surface area contributed by atoms with E-state index in [2.05, 4.69) is 0 Å². The van der Waals surface area contributed by atoms with Gasteiger partial charge in [-0.2, -0.15) is 39.5 Å². The summed E-state index contributed by atoms with van der Waals surface area (Å²) in [6.07, 6.45) is -17.0. The van der Waals surface area contributed by atoms with E-state index in [0.29, 0.717) is 0 Å². The largest absolute Gasteiger partial charge is 0.418 e. The summed E-state index contributed by atoms with van der Waals surface area (Å²) in [5, 5.41) is 20.5. The second kappa shape index (κ2) is 8.40. The number of hydrogen-bond donors (Lipinski definition) is 1.